The summed E-state index contributed by atoms with van der Waals surface area (Å²) in [4.78, 5) is 11.7. The smallest absolute Gasteiger partial charge is 0.315 e. The number of amides is 2. The molecule has 2 N–H and O–H groups in total. The van der Waals surface area contributed by atoms with Crippen LogP contribution in [0.3, 0.4) is 0 Å². The summed E-state index contributed by atoms with van der Waals surface area (Å²) < 4.78 is 5.28. The Hall–Kier alpha value is -1.42. The van der Waals surface area contributed by atoms with Crippen LogP contribution in [0.25, 0.3) is 0 Å². The molecule has 1 aromatic carbocycles. The van der Waals surface area contributed by atoms with Crippen LogP contribution in [0.1, 0.15) is 31.9 Å². The zero-order chi connectivity index (χ0) is 14.6. The Kier molecular flexibility index (Phi) is 5.06. The van der Waals surface area contributed by atoms with E-state index in [4.69, 9.17) is 16.3 Å². The first kappa shape index (κ1) is 15.6. The number of halogens is 1. The van der Waals surface area contributed by atoms with Crippen LogP contribution < -0.4 is 15.4 Å². The summed E-state index contributed by atoms with van der Waals surface area (Å²) in [7, 11) is 1.60. The lowest BCUT2D eigenvalue weighted by Crippen LogP contribution is -2.46. The Morgan fingerprint density at radius 3 is 2.53 bits per heavy atom. The van der Waals surface area contributed by atoms with Gasteiger partial charge in [0.25, 0.3) is 0 Å². The van der Waals surface area contributed by atoms with Gasteiger partial charge in [-0.1, -0.05) is 11.6 Å². The summed E-state index contributed by atoms with van der Waals surface area (Å²) >= 11 is 6.08. The quantitative estimate of drug-likeness (QED) is 0.895. The minimum Gasteiger partial charge on any atom is -0.496 e. The molecular formula is C14H21ClN2O2. The van der Waals surface area contributed by atoms with Crippen molar-refractivity contribution in [3.8, 4) is 5.75 Å². The number of hydrogen-bond donors (Lipinski definition) is 2. The van der Waals surface area contributed by atoms with E-state index in [9.17, 15) is 4.79 Å². The fourth-order valence-electron chi connectivity index (χ4n) is 1.58. The predicted molar refractivity (Wildman–Crippen MR) is 77.9 cm³/mol. The largest absolute Gasteiger partial charge is 0.496 e. The SMILES string of the molecule is COc1cc(C)c(Cl)cc1CNC(=O)NC(C)(C)C. The van der Waals surface area contributed by atoms with Gasteiger partial charge in [-0.25, -0.2) is 4.79 Å². The van der Waals surface area contributed by atoms with Crippen molar-refractivity contribution in [3.63, 3.8) is 0 Å². The summed E-state index contributed by atoms with van der Waals surface area (Å²) in [5.41, 5.74) is 1.53. The molecule has 19 heavy (non-hydrogen) atoms. The zero-order valence-electron chi connectivity index (χ0n) is 12.1. The van der Waals surface area contributed by atoms with Crippen LogP contribution in [0.5, 0.6) is 5.75 Å². The molecular weight excluding hydrogens is 264 g/mol. The second kappa shape index (κ2) is 6.15. The van der Waals surface area contributed by atoms with E-state index < -0.39 is 0 Å². The van der Waals surface area contributed by atoms with Gasteiger partial charge >= 0.3 is 6.03 Å². The second-order valence-corrected chi connectivity index (χ2v) is 5.88. The molecule has 0 aromatic heterocycles. The Balaban J connectivity index is 2.72. The maximum absolute atomic E-state index is 11.7. The van der Waals surface area contributed by atoms with Crippen molar-refractivity contribution in [2.24, 2.45) is 0 Å². The monoisotopic (exact) mass is 284 g/mol. The number of hydrogen-bond acceptors (Lipinski definition) is 2. The molecule has 0 unspecified atom stereocenters. The van der Waals surface area contributed by atoms with E-state index in [0.29, 0.717) is 11.6 Å². The number of urea groups is 1. The molecule has 0 bridgehead atoms. The van der Waals surface area contributed by atoms with Gasteiger partial charge in [0, 0.05) is 22.7 Å². The van der Waals surface area contributed by atoms with Gasteiger partial charge in [0.1, 0.15) is 5.75 Å². The number of nitrogens with one attached hydrogen (secondary N) is 2. The Morgan fingerprint density at radius 1 is 1.37 bits per heavy atom. The van der Waals surface area contributed by atoms with E-state index in [2.05, 4.69) is 10.6 Å². The minimum absolute atomic E-state index is 0.216. The van der Waals surface area contributed by atoms with E-state index in [1.54, 1.807) is 7.11 Å². The molecule has 0 saturated carbocycles. The van der Waals surface area contributed by atoms with E-state index in [1.165, 1.54) is 0 Å². The average Bonchev–Trinajstić information content (AvgIpc) is 2.28. The lowest BCUT2D eigenvalue weighted by atomic mass is 10.1. The molecule has 0 atom stereocenters. The first-order valence-corrected chi connectivity index (χ1v) is 6.50. The number of ether oxygens (including phenoxy) is 1. The predicted octanol–water partition coefficient (Wildman–Crippen LogP) is 3.25. The third-order valence-electron chi connectivity index (χ3n) is 2.49. The molecule has 0 heterocycles. The van der Waals surface area contributed by atoms with Crippen molar-refractivity contribution >= 4 is 17.6 Å². The van der Waals surface area contributed by atoms with Crippen LogP contribution in [0.4, 0.5) is 4.79 Å². The maximum atomic E-state index is 11.7. The molecule has 5 heteroatoms. The third kappa shape index (κ3) is 4.99. The lowest BCUT2D eigenvalue weighted by Gasteiger charge is -2.21. The van der Waals surface area contributed by atoms with Crippen molar-refractivity contribution in [1.82, 2.24) is 10.6 Å². The van der Waals surface area contributed by atoms with Crippen LogP contribution in [-0.4, -0.2) is 18.7 Å². The fourth-order valence-corrected chi connectivity index (χ4v) is 1.77. The fraction of sp³-hybridized carbons (Fsp3) is 0.500. The molecule has 0 fully saturated rings. The molecule has 0 aliphatic rings. The van der Waals surface area contributed by atoms with E-state index in [-0.39, 0.29) is 11.6 Å². The molecule has 106 valence electrons. The molecule has 1 aromatic rings. The van der Waals surface area contributed by atoms with E-state index in [0.717, 1.165) is 16.9 Å². The highest BCUT2D eigenvalue weighted by molar-refractivity contribution is 6.31. The molecule has 0 saturated heterocycles. The summed E-state index contributed by atoms with van der Waals surface area (Å²) in [5, 5.41) is 6.28. The van der Waals surface area contributed by atoms with Gasteiger partial charge in [-0.05, 0) is 45.4 Å². The first-order valence-electron chi connectivity index (χ1n) is 6.12. The van der Waals surface area contributed by atoms with Crippen LogP contribution in [0.2, 0.25) is 5.02 Å². The van der Waals surface area contributed by atoms with Gasteiger partial charge in [-0.3, -0.25) is 0 Å². The van der Waals surface area contributed by atoms with Crippen molar-refractivity contribution in [1.29, 1.82) is 0 Å². The van der Waals surface area contributed by atoms with Crippen molar-refractivity contribution in [3.05, 3.63) is 28.3 Å². The van der Waals surface area contributed by atoms with Crippen LogP contribution in [0.15, 0.2) is 12.1 Å². The van der Waals surface area contributed by atoms with Gasteiger partial charge < -0.3 is 15.4 Å². The minimum atomic E-state index is -0.265. The number of carbonyl (C=O) groups excluding carboxylic acids is 1. The average molecular weight is 285 g/mol. The first-order chi connectivity index (χ1) is 8.73. The summed E-state index contributed by atoms with van der Waals surface area (Å²) in [5.74, 6) is 0.720. The molecule has 0 spiro atoms. The third-order valence-corrected chi connectivity index (χ3v) is 2.90. The van der Waals surface area contributed by atoms with E-state index in [1.807, 2.05) is 39.8 Å². The summed E-state index contributed by atoms with van der Waals surface area (Å²) in [6, 6.07) is 3.46. The highest BCUT2D eigenvalue weighted by Gasteiger charge is 2.14. The maximum Gasteiger partial charge on any atom is 0.315 e. The molecule has 0 aliphatic carbocycles. The second-order valence-electron chi connectivity index (χ2n) is 5.47. The molecule has 0 aliphatic heterocycles. The van der Waals surface area contributed by atoms with Crippen molar-refractivity contribution in [2.45, 2.75) is 39.8 Å². The lowest BCUT2D eigenvalue weighted by molar-refractivity contribution is 0.231. The highest BCUT2D eigenvalue weighted by Crippen LogP contribution is 2.26. The Morgan fingerprint density at radius 2 is 2.00 bits per heavy atom. The van der Waals surface area contributed by atoms with Gasteiger partial charge in [0.15, 0.2) is 0 Å². The number of rotatable bonds is 3. The van der Waals surface area contributed by atoms with Gasteiger partial charge in [-0.2, -0.15) is 0 Å². The summed E-state index contributed by atoms with van der Waals surface area (Å²) in [6.45, 7) is 8.06. The standard InChI is InChI=1S/C14H21ClN2O2/c1-9-6-12(19-5)10(7-11(9)15)8-16-13(18)17-14(2,3)4/h6-7H,8H2,1-5H3,(H2,16,17,18). The Labute approximate surface area is 119 Å². The number of benzene rings is 1. The molecule has 4 nitrogen and oxygen atoms in total. The number of methoxy groups -OCH3 is 1. The van der Waals surface area contributed by atoms with Crippen LogP contribution >= 0.6 is 11.6 Å². The van der Waals surface area contributed by atoms with Crippen molar-refractivity contribution in [2.75, 3.05) is 7.11 Å². The molecule has 2 amide bonds. The highest BCUT2D eigenvalue weighted by atomic mass is 35.5. The number of aryl methyl sites for hydroxylation is 1. The van der Waals surface area contributed by atoms with Gasteiger partial charge in [0.2, 0.25) is 0 Å². The van der Waals surface area contributed by atoms with Crippen LogP contribution in [-0.2, 0) is 6.54 Å². The topological polar surface area (TPSA) is 50.4 Å². The normalized spacial score (nSPS) is 11.1. The Bertz CT molecular complexity index is 467. The van der Waals surface area contributed by atoms with E-state index >= 15 is 0 Å². The summed E-state index contributed by atoms with van der Waals surface area (Å²) in [6.07, 6.45) is 0. The van der Waals surface area contributed by atoms with Gasteiger partial charge in [0.05, 0.1) is 7.11 Å². The molecule has 0 radical (unpaired) electrons. The van der Waals surface area contributed by atoms with Crippen molar-refractivity contribution < 1.29 is 9.53 Å². The number of carbonyl (C=O) groups is 1. The molecule has 1 rings (SSSR count). The van der Waals surface area contributed by atoms with Gasteiger partial charge in [-0.15, -0.1) is 0 Å². The van der Waals surface area contributed by atoms with Crippen LogP contribution in [0, 0.1) is 6.92 Å². The zero-order valence-corrected chi connectivity index (χ0v) is 12.8.